The molecule has 0 radical (unpaired) electrons. The number of esters is 1. The van der Waals surface area contributed by atoms with Crippen LogP contribution in [0, 0.1) is 11.3 Å². The Hall–Kier alpha value is -2.97. The Morgan fingerprint density at radius 1 is 1.29 bits per heavy atom. The Morgan fingerprint density at radius 2 is 2.03 bits per heavy atom. The van der Waals surface area contributed by atoms with E-state index in [0.29, 0.717) is 33.0 Å². The third kappa shape index (κ3) is 4.40. The van der Waals surface area contributed by atoms with Crippen LogP contribution in [0.3, 0.4) is 0 Å². The summed E-state index contributed by atoms with van der Waals surface area (Å²) in [4.78, 5) is 29.9. The molecule has 1 fully saturated rings. The number of hydrogen-bond donors (Lipinski definition) is 0. The summed E-state index contributed by atoms with van der Waals surface area (Å²) in [6, 6.07) is 11.5. The van der Waals surface area contributed by atoms with E-state index >= 15 is 8.78 Å². The van der Waals surface area contributed by atoms with E-state index in [1.807, 2.05) is 0 Å². The second-order valence-electron chi connectivity index (χ2n) is 7.52. The van der Waals surface area contributed by atoms with E-state index in [1.54, 1.807) is 43.3 Å². The third-order valence-electron chi connectivity index (χ3n) is 5.49. The van der Waals surface area contributed by atoms with Gasteiger partial charge in [0.25, 0.3) is 0 Å². The fourth-order valence-electron chi connectivity index (χ4n) is 4.00. The molecule has 3 aromatic rings. The molecule has 0 bridgehead atoms. The van der Waals surface area contributed by atoms with Crippen molar-refractivity contribution in [2.45, 2.75) is 36.2 Å². The monoisotopic (exact) mass is 548 g/mol. The van der Waals surface area contributed by atoms with Gasteiger partial charge in [0.1, 0.15) is 10.6 Å². The van der Waals surface area contributed by atoms with Gasteiger partial charge in [0.05, 0.1) is 30.1 Å². The fraction of sp³-hybridized carbons (Fsp3) is 0.304. The van der Waals surface area contributed by atoms with E-state index in [9.17, 15) is 14.9 Å². The van der Waals surface area contributed by atoms with Gasteiger partial charge in [-0.1, -0.05) is 24.3 Å². The molecule has 7 nitrogen and oxygen atoms in total. The Bertz CT molecular complexity index is 1310. The molecule has 0 saturated carbocycles. The van der Waals surface area contributed by atoms with Gasteiger partial charge in [0.15, 0.2) is 5.16 Å². The van der Waals surface area contributed by atoms with Crippen molar-refractivity contribution in [3.05, 3.63) is 52.8 Å². The van der Waals surface area contributed by atoms with E-state index < -0.39 is 23.2 Å². The predicted molar refractivity (Wildman–Crippen MR) is 126 cm³/mol. The van der Waals surface area contributed by atoms with Crippen molar-refractivity contribution in [3.63, 3.8) is 0 Å². The lowest BCUT2D eigenvalue weighted by Crippen LogP contribution is -2.47. The van der Waals surface area contributed by atoms with E-state index in [1.165, 1.54) is 10.8 Å². The number of thioether (sulfide) groups is 1. The molecule has 1 aromatic heterocycles. The highest BCUT2D eigenvalue weighted by Gasteiger charge is 2.49. The molecule has 1 aliphatic rings. The van der Waals surface area contributed by atoms with Crippen molar-refractivity contribution in [1.29, 1.82) is 5.26 Å². The Balaban J connectivity index is 1.68. The first-order valence-electron chi connectivity index (χ1n) is 10.5. The van der Waals surface area contributed by atoms with Crippen LogP contribution in [0.5, 0.6) is 0 Å². The van der Waals surface area contributed by atoms with E-state index in [2.05, 4.69) is 27.0 Å². The number of carbonyl (C=O) groups excluding carboxylic acids is 2. The first kappa shape index (κ1) is 24.2. The molecule has 0 N–H and O–H groups in total. The summed E-state index contributed by atoms with van der Waals surface area (Å²) in [6.07, 6.45) is 2.09. The molecule has 1 amide bonds. The standard InChI is InChI=1S/C23H19BrF2N4O3S/c1-2-33-20(31)18-8-5-11-29(18)21(32)23(25,26)34-22-28-13-19(24)30(22)17-10-9-14(12-27)15-6-3-4-7-16(15)17/h3-4,6-7,9-10,13,18H,2,5,8,11H2,1H3. The molecule has 2 aromatic carbocycles. The van der Waals surface area contributed by atoms with Crippen LogP contribution in [-0.4, -0.2) is 50.8 Å². The molecule has 1 atom stereocenters. The summed E-state index contributed by atoms with van der Waals surface area (Å²) in [7, 11) is 0. The SMILES string of the molecule is CCOC(=O)C1CCCN1C(=O)C(F)(F)Sc1ncc(Br)n1-c1ccc(C#N)c2ccccc12. The molecular formula is C23H19BrF2N4O3S. The number of nitrogens with zero attached hydrogens (tertiary/aromatic N) is 4. The Labute approximate surface area is 206 Å². The number of fused-ring (bicyclic) bond motifs is 1. The number of rotatable bonds is 6. The molecule has 34 heavy (non-hydrogen) atoms. The zero-order chi connectivity index (χ0) is 24.5. The number of amides is 1. The quantitative estimate of drug-likeness (QED) is 0.321. The molecule has 176 valence electrons. The summed E-state index contributed by atoms with van der Waals surface area (Å²) in [5.74, 6) is -2.13. The lowest BCUT2D eigenvalue weighted by atomic mass is 10.0. The lowest BCUT2D eigenvalue weighted by molar-refractivity contribution is -0.158. The maximum atomic E-state index is 15.2. The number of nitriles is 1. The number of aromatic nitrogens is 2. The topological polar surface area (TPSA) is 88.2 Å². The van der Waals surface area contributed by atoms with Crippen LogP contribution in [0.2, 0.25) is 0 Å². The third-order valence-corrected chi connectivity index (χ3v) is 6.95. The smallest absolute Gasteiger partial charge is 0.377 e. The number of ether oxygens (including phenoxy) is 1. The number of carbonyl (C=O) groups is 2. The minimum atomic E-state index is -3.87. The van der Waals surface area contributed by atoms with E-state index in [0.717, 1.165) is 4.90 Å². The first-order chi connectivity index (χ1) is 16.3. The number of hydrogen-bond acceptors (Lipinski definition) is 6. The lowest BCUT2D eigenvalue weighted by Gasteiger charge is -2.26. The maximum absolute atomic E-state index is 15.2. The summed E-state index contributed by atoms with van der Waals surface area (Å²) in [6.45, 7) is 1.78. The number of halogens is 3. The minimum absolute atomic E-state index is 0.00893. The average Bonchev–Trinajstić information content (AvgIpc) is 3.45. The molecule has 2 heterocycles. The maximum Gasteiger partial charge on any atom is 0.377 e. The van der Waals surface area contributed by atoms with Crippen LogP contribution in [0.25, 0.3) is 16.5 Å². The Morgan fingerprint density at radius 3 is 2.74 bits per heavy atom. The number of benzene rings is 2. The van der Waals surface area contributed by atoms with Crippen molar-refractivity contribution in [1.82, 2.24) is 14.5 Å². The second kappa shape index (κ2) is 9.72. The molecule has 1 unspecified atom stereocenters. The van der Waals surface area contributed by atoms with Gasteiger partial charge in [0.2, 0.25) is 0 Å². The Kier molecular flexibility index (Phi) is 6.91. The van der Waals surface area contributed by atoms with Crippen molar-refractivity contribution in [2.24, 2.45) is 0 Å². The van der Waals surface area contributed by atoms with Gasteiger partial charge in [-0.15, -0.1) is 0 Å². The molecule has 1 saturated heterocycles. The minimum Gasteiger partial charge on any atom is -0.464 e. The summed E-state index contributed by atoms with van der Waals surface area (Å²) in [5, 5.41) is 6.76. The summed E-state index contributed by atoms with van der Waals surface area (Å²) in [5.41, 5.74) is 0.972. The van der Waals surface area contributed by atoms with Crippen LogP contribution < -0.4 is 0 Å². The van der Waals surface area contributed by atoms with Gasteiger partial charge in [-0.2, -0.15) is 14.0 Å². The van der Waals surface area contributed by atoms with Crippen LogP contribution in [0.15, 0.2) is 52.4 Å². The van der Waals surface area contributed by atoms with Crippen molar-refractivity contribution < 1.29 is 23.1 Å². The van der Waals surface area contributed by atoms with Gasteiger partial charge >= 0.3 is 17.1 Å². The predicted octanol–water partition coefficient (Wildman–Crippen LogP) is 4.90. The van der Waals surface area contributed by atoms with Gasteiger partial charge in [0, 0.05) is 17.3 Å². The average molecular weight is 549 g/mol. The molecule has 4 rings (SSSR count). The van der Waals surface area contributed by atoms with Crippen molar-refractivity contribution >= 4 is 50.3 Å². The molecule has 1 aliphatic heterocycles. The van der Waals surface area contributed by atoms with Gasteiger partial charge < -0.3 is 9.64 Å². The van der Waals surface area contributed by atoms with Gasteiger partial charge in [-0.25, -0.2) is 9.78 Å². The largest absolute Gasteiger partial charge is 0.464 e. The van der Waals surface area contributed by atoms with Crippen LogP contribution in [0.1, 0.15) is 25.3 Å². The van der Waals surface area contributed by atoms with Crippen molar-refractivity contribution in [2.75, 3.05) is 13.2 Å². The normalized spacial score (nSPS) is 16.0. The number of alkyl halides is 2. The molecule has 0 aliphatic carbocycles. The number of likely N-dealkylation sites (tertiary alicyclic amines) is 1. The zero-order valence-electron chi connectivity index (χ0n) is 18.0. The molecule has 0 spiro atoms. The van der Waals surface area contributed by atoms with Crippen LogP contribution >= 0.6 is 27.7 Å². The molecule has 11 heteroatoms. The van der Waals surface area contributed by atoms with E-state index in [-0.39, 0.29) is 36.5 Å². The molecular weight excluding hydrogens is 530 g/mol. The van der Waals surface area contributed by atoms with E-state index in [4.69, 9.17) is 4.74 Å². The summed E-state index contributed by atoms with van der Waals surface area (Å²) >= 11 is 3.36. The van der Waals surface area contributed by atoms with Gasteiger partial charge in [-0.3, -0.25) is 9.36 Å². The fourth-order valence-corrected chi connectivity index (χ4v) is 5.41. The highest BCUT2D eigenvalue weighted by molar-refractivity contribution is 9.10. The van der Waals surface area contributed by atoms with Crippen molar-refractivity contribution in [3.8, 4) is 11.8 Å². The number of imidazole rings is 1. The zero-order valence-corrected chi connectivity index (χ0v) is 20.4. The van der Waals surface area contributed by atoms with Crippen LogP contribution in [-0.2, 0) is 14.3 Å². The van der Waals surface area contributed by atoms with Gasteiger partial charge in [-0.05, 0) is 59.6 Å². The highest BCUT2D eigenvalue weighted by Crippen LogP contribution is 2.41. The second-order valence-corrected chi connectivity index (χ2v) is 9.41. The summed E-state index contributed by atoms with van der Waals surface area (Å²) < 4.78 is 37.3. The van der Waals surface area contributed by atoms with Crippen LogP contribution in [0.4, 0.5) is 8.78 Å². The first-order valence-corrected chi connectivity index (χ1v) is 12.1. The highest BCUT2D eigenvalue weighted by atomic mass is 79.9.